The molecule has 0 spiro atoms. The van der Waals surface area contributed by atoms with Crippen LogP contribution >= 0.6 is 0 Å². The number of allylic oxidation sites excluding steroid dienone is 2. The summed E-state index contributed by atoms with van der Waals surface area (Å²) in [6.45, 7) is 5.95. The van der Waals surface area contributed by atoms with Gasteiger partial charge in [-0.3, -0.25) is 0 Å². The van der Waals surface area contributed by atoms with Gasteiger partial charge in [0.25, 0.3) is 0 Å². The summed E-state index contributed by atoms with van der Waals surface area (Å²) in [5, 5.41) is 0. The number of nitrogens with two attached hydrogens (primary N) is 2. The van der Waals surface area contributed by atoms with Crippen LogP contribution in [0.2, 0.25) is 0 Å². The Morgan fingerprint density at radius 2 is 2.00 bits per heavy atom. The van der Waals surface area contributed by atoms with E-state index in [4.69, 9.17) is 16.2 Å². The molecule has 3 nitrogen and oxygen atoms in total. The highest BCUT2D eigenvalue weighted by molar-refractivity contribution is 5.26. The highest BCUT2D eigenvalue weighted by Gasteiger charge is 1.92. The summed E-state index contributed by atoms with van der Waals surface area (Å²) < 4.78 is 4.91. The molecular weight excluding hydrogens is 152 g/mol. The Morgan fingerprint density at radius 1 is 1.42 bits per heavy atom. The molecule has 0 aromatic carbocycles. The van der Waals surface area contributed by atoms with E-state index in [1.54, 1.807) is 19.3 Å². The van der Waals surface area contributed by atoms with Crippen molar-refractivity contribution in [3.05, 3.63) is 35.7 Å². The third-order valence-electron chi connectivity index (χ3n) is 1.33. The number of methoxy groups -OCH3 is 1. The predicted octanol–water partition coefficient (Wildman–Crippen LogP) is 0.894. The van der Waals surface area contributed by atoms with Crippen LogP contribution in [0.1, 0.15) is 6.92 Å². The molecule has 12 heavy (non-hydrogen) atoms. The van der Waals surface area contributed by atoms with Crippen molar-refractivity contribution < 1.29 is 4.74 Å². The van der Waals surface area contributed by atoms with Gasteiger partial charge in [-0.2, -0.15) is 0 Å². The lowest BCUT2D eigenvalue weighted by atomic mass is 10.2. The van der Waals surface area contributed by atoms with E-state index < -0.39 is 0 Å². The molecule has 0 aromatic heterocycles. The molecule has 68 valence electrons. The maximum Gasteiger partial charge on any atom is 0.0693 e. The van der Waals surface area contributed by atoms with Crippen LogP contribution < -0.4 is 11.5 Å². The molecule has 0 bridgehead atoms. The van der Waals surface area contributed by atoms with E-state index in [1.807, 2.05) is 6.92 Å². The number of rotatable bonds is 4. The van der Waals surface area contributed by atoms with Gasteiger partial charge in [0.15, 0.2) is 0 Å². The summed E-state index contributed by atoms with van der Waals surface area (Å²) in [4.78, 5) is 0. The molecule has 0 aromatic rings. The van der Waals surface area contributed by atoms with Crippen LogP contribution in [-0.4, -0.2) is 13.7 Å². The third-order valence-corrected chi connectivity index (χ3v) is 1.33. The molecule has 0 saturated heterocycles. The van der Waals surface area contributed by atoms with E-state index >= 15 is 0 Å². The van der Waals surface area contributed by atoms with Gasteiger partial charge in [0.1, 0.15) is 0 Å². The molecule has 0 aliphatic rings. The Bertz CT molecular complexity index is 217. The van der Waals surface area contributed by atoms with Crippen molar-refractivity contribution in [3.63, 3.8) is 0 Å². The molecule has 4 N–H and O–H groups in total. The maximum absolute atomic E-state index is 5.67. The van der Waals surface area contributed by atoms with Crippen LogP contribution in [0.3, 0.4) is 0 Å². The SMILES string of the molecule is C=C(N)/C=C\C(N)=C(/C)COC. The summed E-state index contributed by atoms with van der Waals surface area (Å²) in [6.07, 6.45) is 3.38. The van der Waals surface area contributed by atoms with Crippen molar-refractivity contribution >= 4 is 0 Å². The van der Waals surface area contributed by atoms with Crippen molar-refractivity contribution in [1.82, 2.24) is 0 Å². The smallest absolute Gasteiger partial charge is 0.0693 e. The van der Waals surface area contributed by atoms with Crippen molar-refractivity contribution in [2.75, 3.05) is 13.7 Å². The molecule has 0 aliphatic carbocycles. The first kappa shape index (κ1) is 10.8. The van der Waals surface area contributed by atoms with Gasteiger partial charge in [-0.05, 0) is 24.6 Å². The zero-order chi connectivity index (χ0) is 9.56. The Balaban J connectivity index is 4.25. The van der Waals surface area contributed by atoms with E-state index in [0.717, 1.165) is 5.57 Å². The van der Waals surface area contributed by atoms with Crippen molar-refractivity contribution in [2.45, 2.75) is 6.92 Å². The Kier molecular flexibility index (Phi) is 4.88. The second-order valence-electron chi connectivity index (χ2n) is 2.58. The minimum atomic E-state index is 0.489. The molecule has 0 atom stereocenters. The van der Waals surface area contributed by atoms with Crippen molar-refractivity contribution in [2.24, 2.45) is 11.5 Å². The quantitative estimate of drug-likeness (QED) is 0.613. The Morgan fingerprint density at radius 3 is 2.42 bits per heavy atom. The summed E-state index contributed by atoms with van der Waals surface area (Å²) in [7, 11) is 1.63. The predicted molar refractivity (Wildman–Crippen MR) is 51.2 cm³/mol. The molecular formula is C9H16N2O. The second-order valence-corrected chi connectivity index (χ2v) is 2.58. The normalized spacial score (nSPS) is 13.2. The van der Waals surface area contributed by atoms with E-state index in [0.29, 0.717) is 18.0 Å². The first-order chi connectivity index (χ1) is 5.57. The highest BCUT2D eigenvalue weighted by Crippen LogP contribution is 2.00. The molecule has 0 aliphatic heterocycles. The first-order valence-electron chi connectivity index (χ1n) is 3.64. The van der Waals surface area contributed by atoms with Gasteiger partial charge in [-0.1, -0.05) is 6.58 Å². The van der Waals surface area contributed by atoms with Crippen LogP contribution in [0.4, 0.5) is 0 Å². The molecule has 0 rings (SSSR count). The van der Waals surface area contributed by atoms with E-state index in [9.17, 15) is 0 Å². The third kappa shape index (κ3) is 4.57. The van der Waals surface area contributed by atoms with Crippen LogP contribution in [0.15, 0.2) is 35.7 Å². The average molecular weight is 168 g/mol. The van der Waals surface area contributed by atoms with Gasteiger partial charge in [0.05, 0.1) is 6.61 Å². The Hall–Kier alpha value is -1.22. The van der Waals surface area contributed by atoms with E-state index in [1.165, 1.54) is 0 Å². The lowest BCUT2D eigenvalue weighted by Crippen LogP contribution is -2.02. The molecule has 0 heterocycles. The van der Waals surface area contributed by atoms with E-state index in [2.05, 4.69) is 6.58 Å². The fourth-order valence-corrected chi connectivity index (χ4v) is 0.639. The molecule has 0 amide bonds. The summed E-state index contributed by atoms with van der Waals surface area (Å²) in [6, 6.07) is 0. The average Bonchev–Trinajstić information content (AvgIpc) is 2.00. The minimum absolute atomic E-state index is 0.489. The van der Waals surface area contributed by atoms with Gasteiger partial charge >= 0.3 is 0 Å². The van der Waals surface area contributed by atoms with Crippen LogP contribution in [0.5, 0.6) is 0 Å². The zero-order valence-electron chi connectivity index (χ0n) is 7.63. The lowest BCUT2D eigenvalue weighted by molar-refractivity contribution is 0.225. The molecule has 0 saturated carbocycles. The van der Waals surface area contributed by atoms with E-state index in [-0.39, 0.29) is 0 Å². The molecule has 0 unspecified atom stereocenters. The molecule has 0 radical (unpaired) electrons. The zero-order valence-corrected chi connectivity index (χ0v) is 7.63. The molecule has 0 fully saturated rings. The summed E-state index contributed by atoms with van der Waals surface area (Å²) in [5.74, 6) is 0. The summed E-state index contributed by atoms with van der Waals surface area (Å²) in [5.41, 5.74) is 13.1. The standard InChI is InChI=1S/C9H16N2O/c1-7(6-12-3)9(11)5-4-8(2)10/h4-5H,2,6,10-11H2,1,3H3/b5-4-,9-7-. The largest absolute Gasteiger partial charge is 0.399 e. The van der Waals surface area contributed by atoms with Crippen molar-refractivity contribution in [1.29, 1.82) is 0 Å². The topological polar surface area (TPSA) is 61.3 Å². The van der Waals surface area contributed by atoms with Crippen LogP contribution in [-0.2, 0) is 4.74 Å². The van der Waals surface area contributed by atoms with Gasteiger partial charge in [0.2, 0.25) is 0 Å². The Labute approximate surface area is 73.4 Å². The van der Waals surface area contributed by atoms with Gasteiger partial charge in [-0.25, -0.2) is 0 Å². The highest BCUT2D eigenvalue weighted by atomic mass is 16.5. The maximum atomic E-state index is 5.67. The van der Waals surface area contributed by atoms with Gasteiger partial charge in [-0.15, -0.1) is 0 Å². The fraction of sp³-hybridized carbons (Fsp3) is 0.333. The van der Waals surface area contributed by atoms with Gasteiger partial charge < -0.3 is 16.2 Å². The number of ether oxygens (including phenoxy) is 1. The number of hydrogen-bond acceptors (Lipinski definition) is 3. The monoisotopic (exact) mass is 168 g/mol. The number of hydrogen-bond donors (Lipinski definition) is 2. The fourth-order valence-electron chi connectivity index (χ4n) is 0.639. The molecule has 3 heteroatoms. The van der Waals surface area contributed by atoms with Crippen LogP contribution in [0, 0.1) is 0 Å². The lowest BCUT2D eigenvalue weighted by Gasteiger charge is -2.01. The second kappa shape index (κ2) is 5.43. The first-order valence-corrected chi connectivity index (χ1v) is 3.64. The van der Waals surface area contributed by atoms with Gasteiger partial charge in [0, 0.05) is 18.5 Å². The summed E-state index contributed by atoms with van der Waals surface area (Å²) >= 11 is 0. The van der Waals surface area contributed by atoms with Crippen LogP contribution in [0.25, 0.3) is 0 Å². The minimum Gasteiger partial charge on any atom is -0.399 e. The van der Waals surface area contributed by atoms with Crippen molar-refractivity contribution in [3.8, 4) is 0 Å².